The molecule has 0 heterocycles. The minimum Gasteiger partial charge on any atom is -0.326 e. The Labute approximate surface area is 89.5 Å². The van der Waals surface area contributed by atoms with Gasteiger partial charge in [0.2, 0.25) is 5.91 Å². The van der Waals surface area contributed by atoms with Crippen molar-refractivity contribution in [3.63, 3.8) is 0 Å². The summed E-state index contributed by atoms with van der Waals surface area (Å²) in [6.07, 6.45) is 3.24. The molecule has 0 aliphatic rings. The first-order valence-electron chi connectivity index (χ1n) is 5.11. The predicted molar refractivity (Wildman–Crippen MR) is 60.0 cm³/mol. The molecule has 3 heteroatoms. The summed E-state index contributed by atoms with van der Waals surface area (Å²) in [4.78, 5) is 21.7. The maximum atomic E-state index is 11.3. The Bertz CT molecular complexity index is 330. The van der Waals surface area contributed by atoms with Gasteiger partial charge in [0.25, 0.3) is 0 Å². The molecule has 1 rings (SSSR count). The average Bonchev–Trinajstić information content (AvgIpc) is 2.27. The lowest BCUT2D eigenvalue weighted by atomic mass is 10.2. The molecular formula is C12H15NO2. The molecule has 0 saturated heterocycles. The number of unbranched alkanes of at least 4 members (excludes halogenated alkanes) is 1. The average molecular weight is 205 g/mol. The van der Waals surface area contributed by atoms with Crippen LogP contribution in [0.2, 0.25) is 0 Å². The van der Waals surface area contributed by atoms with E-state index < -0.39 is 0 Å². The molecule has 1 aromatic rings. The minimum absolute atomic E-state index is 0.0238. The highest BCUT2D eigenvalue weighted by molar-refractivity contribution is 5.91. The number of amides is 1. The molecule has 15 heavy (non-hydrogen) atoms. The van der Waals surface area contributed by atoms with Crippen molar-refractivity contribution in [3.05, 3.63) is 29.8 Å². The van der Waals surface area contributed by atoms with E-state index in [1.54, 1.807) is 24.3 Å². The van der Waals surface area contributed by atoms with E-state index in [2.05, 4.69) is 5.32 Å². The van der Waals surface area contributed by atoms with E-state index in [1.165, 1.54) is 0 Å². The molecule has 0 bridgehead atoms. The van der Waals surface area contributed by atoms with Gasteiger partial charge in [-0.3, -0.25) is 9.59 Å². The van der Waals surface area contributed by atoms with E-state index in [9.17, 15) is 9.59 Å². The second-order valence-electron chi connectivity index (χ2n) is 3.39. The van der Waals surface area contributed by atoms with Crippen LogP contribution in [0.15, 0.2) is 24.3 Å². The second kappa shape index (κ2) is 5.96. The molecule has 0 saturated carbocycles. The first-order valence-corrected chi connectivity index (χ1v) is 5.11. The Hall–Kier alpha value is -1.64. The third-order valence-corrected chi connectivity index (χ3v) is 2.09. The molecule has 1 aromatic carbocycles. The number of carbonyl (C=O) groups excluding carboxylic acids is 2. The van der Waals surface area contributed by atoms with Crippen LogP contribution in [0.1, 0.15) is 36.5 Å². The van der Waals surface area contributed by atoms with Crippen LogP contribution in [0, 0.1) is 0 Å². The van der Waals surface area contributed by atoms with Gasteiger partial charge in [-0.05, 0) is 30.7 Å². The quantitative estimate of drug-likeness (QED) is 0.751. The van der Waals surface area contributed by atoms with Crippen LogP contribution in [0.5, 0.6) is 0 Å². The van der Waals surface area contributed by atoms with Crippen LogP contribution >= 0.6 is 0 Å². The van der Waals surface area contributed by atoms with Gasteiger partial charge in [0.05, 0.1) is 0 Å². The van der Waals surface area contributed by atoms with Gasteiger partial charge in [-0.2, -0.15) is 0 Å². The topological polar surface area (TPSA) is 46.2 Å². The standard InChI is InChI=1S/C12H15NO2/c1-2-3-4-12(15)13-11-7-5-10(9-14)6-8-11/h5-9H,2-4H2,1H3,(H,13,15). The smallest absolute Gasteiger partial charge is 0.224 e. The summed E-state index contributed by atoms with van der Waals surface area (Å²) >= 11 is 0. The number of nitrogens with one attached hydrogen (secondary N) is 1. The highest BCUT2D eigenvalue weighted by Gasteiger charge is 2.00. The third kappa shape index (κ3) is 3.94. The summed E-state index contributed by atoms with van der Waals surface area (Å²) in [6.45, 7) is 2.05. The van der Waals surface area contributed by atoms with Crippen LogP contribution in [-0.4, -0.2) is 12.2 Å². The fourth-order valence-corrected chi connectivity index (χ4v) is 1.21. The monoisotopic (exact) mass is 205 g/mol. The van der Waals surface area contributed by atoms with E-state index >= 15 is 0 Å². The first-order chi connectivity index (χ1) is 7.26. The fourth-order valence-electron chi connectivity index (χ4n) is 1.21. The largest absolute Gasteiger partial charge is 0.326 e. The van der Waals surface area contributed by atoms with Gasteiger partial charge in [0, 0.05) is 17.7 Å². The highest BCUT2D eigenvalue weighted by atomic mass is 16.1. The molecule has 80 valence electrons. The van der Waals surface area contributed by atoms with Crippen LogP contribution in [-0.2, 0) is 4.79 Å². The Morgan fingerprint density at radius 3 is 2.53 bits per heavy atom. The zero-order valence-electron chi connectivity index (χ0n) is 8.82. The lowest BCUT2D eigenvalue weighted by molar-refractivity contribution is -0.116. The van der Waals surface area contributed by atoms with Gasteiger partial charge in [0.1, 0.15) is 6.29 Å². The van der Waals surface area contributed by atoms with E-state index in [-0.39, 0.29) is 5.91 Å². The summed E-state index contributed by atoms with van der Waals surface area (Å²) in [5, 5.41) is 2.77. The number of hydrogen-bond donors (Lipinski definition) is 1. The minimum atomic E-state index is 0.0238. The van der Waals surface area contributed by atoms with E-state index in [0.717, 1.165) is 24.8 Å². The van der Waals surface area contributed by atoms with Crippen molar-refractivity contribution in [3.8, 4) is 0 Å². The zero-order valence-corrected chi connectivity index (χ0v) is 8.82. The SMILES string of the molecule is CCCCC(=O)Nc1ccc(C=O)cc1. The van der Waals surface area contributed by atoms with Gasteiger partial charge < -0.3 is 5.32 Å². The number of benzene rings is 1. The molecule has 0 spiro atoms. The molecule has 1 amide bonds. The molecule has 1 N–H and O–H groups in total. The van der Waals surface area contributed by atoms with Crippen LogP contribution in [0.25, 0.3) is 0 Å². The van der Waals surface area contributed by atoms with Gasteiger partial charge in [-0.15, -0.1) is 0 Å². The number of anilines is 1. The molecule has 0 unspecified atom stereocenters. The summed E-state index contributed by atoms with van der Waals surface area (Å²) in [6, 6.07) is 6.83. The van der Waals surface area contributed by atoms with Crippen LogP contribution in [0.4, 0.5) is 5.69 Å². The van der Waals surface area contributed by atoms with Crippen molar-refractivity contribution in [2.75, 3.05) is 5.32 Å². The van der Waals surface area contributed by atoms with Crippen molar-refractivity contribution < 1.29 is 9.59 Å². The highest BCUT2D eigenvalue weighted by Crippen LogP contribution is 2.09. The number of hydrogen-bond acceptors (Lipinski definition) is 2. The summed E-state index contributed by atoms with van der Waals surface area (Å²) < 4.78 is 0. The van der Waals surface area contributed by atoms with E-state index in [4.69, 9.17) is 0 Å². The summed E-state index contributed by atoms with van der Waals surface area (Å²) in [5.41, 5.74) is 1.35. The molecule has 0 atom stereocenters. The van der Waals surface area contributed by atoms with Crippen molar-refractivity contribution in [1.29, 1.82) is 0 Å². The first kappa shape index (κ1) is 11.4. The normalized spacial score (nSPS) is 9.67. The molecule has 0 aliphatic heterocycles. The lowest BCUT2D eigenvalue weighted by Crippen LogP contribution is -2.10. The van der Waals surface area contributed by atoms with Crippen molar-refractivity contribution >= 4 is 17.9 Å². The van der Waals surface area contributed by atoms with Gasteiger partial charge in [-0.1, -0.05) is 13.3 Å². The fraction of sp³-hybridized carbons (Fsp3) is 0.333. The van der Waals surface area contributed by atoms with Crippen LogP contribution < -0.4 is 5.32 Å². The summed E-state index contributed by atoms with van der Waals surface area (Å²) in [5.74, 6) is 0.0238. The number of carbonyl (C=O) groups is 2. The maximum Gasteiger partial charge on any atom is 0.224 e. The molecule has 0 fully saturated rings. The van der Waals surface area contributed by atoms with Crippen molar-refractivity contribution in [1.82, 2.24) is 0 Å². The Balaban J connectivity index is 2.49. The van der Waals surface area contributed by atoms with E-state index in [0.29, 0.717) is 12.0 Å². The van der Waals surface area contributed by atoms with Gasteiger partial charge in [0.15, 0.2) is 0 Å². The van der Waals surface area contributed by atoms with E-state index in [1.807, 2.05) is 6.92 Å². The Morgan fingerprint density at radius 2 is 2.00 bits per heavy atom. The molecule has 0 aromatic heterocycles. The van der Waals surface area contributed by atoms with Crippen molar-refractivity contribution in [2.45, 2.75) is 26.2 Å². The zero-order chi connectivity index (χ0) is 11.1. The molecule has 0 aliphatic carbocycles. The predicted octanol–water partition coefficient (Wildman–Crippen LogP) is 2.63. The second-order valence-corrected chi connectivity index (χ2v) is 3.39. The molecular weight excluding hydrogens is 190 g/mol. The third-order valence-electron chi connectivity index (χ3n) is 2.09. The van der Waals surface area contributed by atoms with Crippen molar-refractivity contribution in [2.24, 2.45) is 0 Å². The lowest BCUT2D eigenvalue weighted by Gasteiger charge is -2.04. The Morgan fingerprint density at radius 1 is 1.33 bits per heavy atom. The van der Waals surface area contributed by atoms with Gasteiger partial charge in [-0.25, -0.2) is 0 Å². The molecule has 3 nitrogen and oxygen atoms in total. The molecule has 0 radical (unpaired) electrons. The summed E-state index contributed by atoms with van der Waals surface area (Å²) in [7, 11) is 0. The maximum absolute atomic E-state index is 11.3. The van der Waals surface area contributed by atoms with Crippen LogP contribution in [0.3, 0.4) is 0 Å². The Kier molecular flexibility index (Phi) is 4.54. The number of rotatable bonds is 5. The van der Waals surface area contributed by atoms with Gasteiger partial charge >= 0.3 is 0 Å². The number of aldehydes is 1.